The van der Waals surface area contributed by atoms with Crippen LogP contribution in [0.4, 0.5) is 0 Å². The Morgan fingerprint density at radius 1 is 1.17 bits per heavy atom. The van der Waals surface area contributed by atoms with Gasteiger partial charge >= 0.3 is 0 Å². The van der Waals surface area contributed by atoms with Crippen molar-refractivity contribution in [2.75, 3.05) is 11.5 Å². The van der Waals surface area contributed by atoms with Gasteiger partial charge in [-0.15, -0.1) is 0 Å². The zero-order chi connectivity index (χ0) is 16.4. The van der Waals surface area contributed by atoms with Crippen LogP contribution in [0.25, 0.3) is 0 Å². The Kier molecular flexibility index (Phi) is 4.40. The van der Waals surface area contributed by atoms with Gasteiger partial charge in [0.05, 0.1) is 23.1 Å². The highest BCUT2D eigenvalue weighted by molar-refractivity contribution is 7.91. The summed E-state index contributed by atoms with van der Waals surface area (Å²) in [6.07, 6.45) is 4.53. The lowest BCUT2D eigenvalue weighted by Gasteiger charge is -2.34. The number of hydrogen-bond donors (Lipinski definition) is 0. The summed E-state index contributed by atoms with van der Waals surface area (Å²) < 4.78 is 23.7. The molecule has 122 valence electrons. The Bertz CT molecular complexity index is 745. The van der Waals surface area contributed by atoms with Gasteiger partial charge in [0, 0.05) is 17.6 Å². The molecule has 1 aromatic carbocycles. The summed E-state index contributed by atoms with van der Waals surface area (Å²) in [6, 6.07) is 8.58. The number of hydrogen-bond acceptors (Lipinski definition) is 4. The zero-order valence-corrected chi connectivity index (χ0v) is 13.8. The highest BCUT2D eigenvalue weighted by Crippen LogP contribution is 2.30. The molecule has 0 bridgehead atoms. The summed E-state index contributed by atoms with van der Waals surface area (Å²) in [7, 11) is -3.04. The molecule has 6 heteroatoms. The van der Waals surface area contributed by atoms with Crippen LogP contribution in [0.2, 0.25) is 0 Å². The molecule has 3 rings (SSSR count). The number of sulfone groups is 1. The lowest BCUT2D eigenvalue weighted by Crippen LogP contribution is -2.46. The Morgan fingerprint density at radius 3 is 2.52 bits per heavy atom. The zero-order valence-electron chi connectivity index (χ0n) is 12.9. The van der Waals surface area contributed by atoms with Crippen LogP contribution in [0.1, 0.15) is 48.0 Å². The number of nitriles is 1. The molecule has 1 amide bonds. The minimum Gasteiger partial charge on any atom is -0.332 e. The smallest absolute Gasteiger partial charge is 0.254 e. The molecule has 23 heavy (non-hydrogen) atoms. The molecule has 0 unspecified atom stereocenters. The maximum absolute atomic E-state index is 13.0. The number of amides is 1. The van der Waals surface area contributed by atoms with Crippen LogP contribution >= 0.6 is 0 Å². The second kappa shape index (κ2) is 6.32. The lowest BCUT2D eigenvalue weighted by atomic mass is 10.1. The van der Waals surface area contributed by atoms with Crippen molar-refractivity contribution in [2.45, 2.75) is 44.2 Å². The number of rotatable bonds is 3. The van der Waals surface area contributed by atoms with Crippen molar-refractivity contribution in [3.8, 4) is 6.07 Å². The average molecular weight is 332 g/mol. The van der Waals surface area contributed by atoms with Crippen LogP contribution < -0.4 is 0 Å². The molecule has 5 nitrogen and oxygen atoms in total. The molecule has 0 radical (unpaired) electrons. The monoisotopic (exact) mass is 332 g/mol. The maximum Gasteiger partial charge on any atom is 0.254 e. The van der Waals surface area contributed by atoms with Crippen molar-refractivity contribution in [3.63, 3.8) is 0 Å². The van der Waals surface area contributed by atoms with Crippen LogP contribution in [0.15, 0.2) is 24.3 Å². The van der Waals surface area contributed by atoms with E-state index in [0.717, 1.165) is 25.7 Å². The van der Waals surface area contributed by atoms with Crippen LogP contribution in [0.5, 0.6) is 0 Å². The Morgan fingerprint density at radius 2 is 1.91 bits per heavy atom. The first-order valence-electron chi connectivity index (χ1n) is 8.03. The van der Waals surface area contributed by atoms with Crippen molar-refractivity contribution in [1.29, 1.82) is 5.26 Å². The van der Waals surface area contributed by atoms with E-state index >= 15 is 0 Å². The molecule has 1 aromatic rings. The third-order valence-corrected chi connectivity index (χ3v) is 6.54. The van der Waals surface area contributed by atoms with E-state index in [1.165, 1.54) is 0 Å². The largest absolute Gasteiger partial charge is 0.332 e. The maximum atomic E-state index is 13.0. The van der Waals surface area contributed by atoms with Gasteiger partial charge in [0.2, 0.25) is 0 Å². The summed E-state index contributed by atoms with van der Waals surface area (Å²) in [5, 5.41) is 9.02. The quantitative estimate of drug-likeness (QED) is 0.849. The Balaban J connectivity index is 1.91. The van der Waals surface area contributed by atoms with Gasteiger partial charge in [-0.2, -0.15) is 5.26 Å². The summed E-state index contributed by atoms with van der Waals surface area (Å²) >= 11 is 0. The first-order valence-corrected chi connectivity index (χ1v) is 9.85. The predicted molar refractivity (Wildman–Crippen MR) is 86.6 cm³/mol. The molecule has 1 heterocycles. The van der Waals surface area contributed by atoms with Crippen LogP contribution in [0, 0.1) is 11.3 Å². The fraction of sp³-hybridized carbons (Fsp3) is 0.529. The molecule has 2 fully saturated rings. The Hall–Kier alpha value is -1.87. The van der Waals surface area contributed by atoms with Gasteiger partial charge in [-0.25, -0.2) is 8.42 Å². The molecular weight excluding hydrogens is 312 g/mol. The van der Waals surface area contributed by atoms with Crippen LogP contribution in [-0.4, -0.2) is 42.8 Å². The third kappa shape index (κ3) is 3.40. The van der Waals surface area contributed by atoms with E-state index in [0.29, 0.717) is 17.5 Å². The van der Waals surface area contributed by atoms with Gasteiger partial charge in [-0.3, -0.25) is 4.79 Å². The van der Waals surface area contributed by atoms with E-state index in [9.17, 15) is 13.2 Å². The molecule has 0 aromatic heterocycles. The number of nitrogens with zero attached hydrogens (tertiary/aromatic N) is 2. The molecule has 1 atom stereocenters. The molecule has 0 N–H and O–H groups in total. The van der Waals surface area contributed by atoms with Gasteiger partial charge in [-0.05, 0) is 37.5 Å². The number of carbonyl (C=O) groups excluding carboxylic acids is 1. The summed E-state index contributed by atoms with van der Waals surface area (Å²) in [6.45, 7) is 0. The fourth-order valence-corrected chi connectivity index (χ4v) is 5.39. The molecule has 1 saturated heterocycles. The minimum atomic E-state index is -3.04. The van der Waals surface area contributed by atoms with E-state index in [1.807, 2.05) is 6.07 Å². The van der Waals surface area contributed by atoms with E-state index in [1.54, 1.807) is 29.2 Å². The summed E-state index contributed by atoms with van der Waals surface area (Å²) in [5.41, 5.74) is 0.918. The van der Waals surface area contributed by atoms with Crippen molar-refractivity contribution in [3.05, 3.63) is 35.4 Å². The van der Waals surface area contributed by atoms with Crippen molar-refractivity contribution in [2.24, 2.45) is 0 Å². The van der Waals surface area contributed by atoms with E-state index in [-0.39, 0.29) is 29.5 Å². The van der Waals surface area contributed by atoms with Crippen LogP contribution in [0.3, 0.4) is 0 Å². The van der Waals surface area contributed by atoms with E-state index < -0.39 is 9.84 Å². The first kappa shape index (κ1) is 16.0. The van der Waals surface area contributed by atoms with Gasteiger partial charge in [0.15, 0.2) is 9.84 Å². The van der Waals surface area contributed by atoms with Crippen LogP contribution in [-0.2, 0) is 9.84 Å². The van der Waals surface area contributed by atoms with Crippen molar-refractivity contribution in [1.82, 2.24) is 4.90 Å². The topological polar surface area (TPSA) is 78.2 Å². The molecule has 1 saturated carbocycles. The molecule has 2 aliphatic rings. The average Bonchev–Trinajstić information content (AvgIpc) is 3.18. The molecule has 0 spiro atoms. The minimum absolute atomic E-state index is 0.0627. The summed E-state index contributed by atoms with van der Waals surface area (Å²) in [4.78, 5) is 14.8. The predicted octanol–water partition coefficient (Wildman–Crippen LogP) is 2.13. The van der Waals surface area contributed by atoms with Crippen molar-refractivity contribution >= 4 is 15.7 Å². The lowest BCUT2D eigenvalue weighted by molar-refractivity contribution is 0.0601. The van der Waals surface area contributed by atoms with Gasteiger partial charge in [0.1, 0.15) is 0 Å². The second-order valence-corrected chi connectivity index (χ2v) is 8.63. The third-order valence-electron chi connectivity index (χ3n) is 4.79. The number of benzene rings is 1. The highest BCUT2D eigenvalue weighted by atomic mass is 32.2. The van der Waals surface area contributed by atoms with E-state index in [4.69, 9.17) is 5.26 Å². The highest BCUT2D eigenvalue weighted by Gasteiger charge is 2.39. The van der Waals surface area contributed by atoms with Crippen molar-refractivity contribution < 1.29 is 13.2 Å². The SMILES string of the molecule is N#Cc1cccc(C(=O)N(C2CCCC2)[C@H]2CCS(=O)(=O)C2)c1. The molecular formula is C17H20N2O3S. The fourth-order valence-electron chi connectivity index (χ4n) is 3.68. The Labute approximate surface area is 136 Å². The molecule has 1 aliphatic carbocycles. The normalized spacial score (nSPS) is 23.5. The second-order valence-electron chi connectivity index (χ2n) is 6.40. The van der Waals surface area contributed by atoms with E-state index in [2.05, 4.69) is 0 Å². The number of carbonyl (C=O) groups is 1. The molecule has 1 aliphatic heterocycles. The standard InChI is InChI=1S/C17H20N2O3S/c18-11-13-4-3-5-14(10-13)17(20)19(15-6-1-2-7-15)16-8-9-23(21,22)12-16/h3-5,10,15-16H,1-2,6-9,12H2/t16-/m0/s1. The van der Waals surface area contributed by atoms with Gasteiger partial charge < -0.3 is 4.90 Å². The summed E-state index contributed by atoms with van der Waals surface area (Å²) in [5.74, 6) is 0.0793. The van der Waals surface area contributed by atoms with Gasteiger partial charge in [0.25, 0.3) is 5.91 Å². The van der Waals surface area contributed by atoms with Gasteiger partial charge in [-0.1, -0.05) is 18.9 Å². The first-order chi connectivity index (χ1) is 11.0.